The van der Waals surface area contributed by atoms with Gasteiger partial charge in [0.25, 0.3) is 0 Å². The second-order valence-electron chi connectivity index (χ2n) is 7.10. The predicted octanol–water partition coefficient (Wildman–Crippen LogP) is 2.86. The Balaban J connectivity index is 2.38. The first kappa shape index (κ1) is 20.8. The number of amides is 1. The van der Waals surface area contributed by atoms with E-state index in [1.165, 1.54) is 17.1 Å². The molecule has 1 unspecified atom stereocenters. The molecular formula is C17H21BrFN5O3. The summed E-state index contributed by atoms with van der Waals surface area (Å²) < 4.78 is 21.7. The third-order valence-corrected chi connectivity index (χ3v) is 4.31. The van der Waals surface area contributed by atoms with Gasteiger partial charge < -0.3 is 10.5 Å². The average molecular weight is 442 g/mol. The lowest BCUT2D eigenvalue weighted by Crippen LogP contribution is -2.37. The molecule has 0 spiro atoms. The third kappa shape index (κ3) is 4.82. The van der Waals surface area contributed by atoms with Crippen molar-refractivity contribution < 1.29 is 13.9 Å². The summed E-state index contributed by atoms with van der Waals surface area (Å²) >= 11 is 3.27. The van der Waals surface area contributed by atoms with Gasteiger partial charge in [0.15, 0.2) is 0 Å². The van der Waals surface area contributed by atoms with Crippen molar-refractivity contribution in [2.24, 2.45) is 11.1 Å². The number of halogens is 2. The molecule has 2 rings (SSSR count). The summed E-state index contributed by atoms with van der Waals surface area (Å²) in [4.78, 5) is 28.0. The minimum atomic E-state index is -1.02. The number of nitrogens with zero attached hydrogens (tertiary/aromatic N) is 4. The number of carbonyl (C=O) groups is 1. The largest absolute Gasteiger partial charge is 0.441 e. The number of primary amides is 1. The van der Waals surface area contributed by atoms with Crippen molar-refractivity contribution in [3.63, 3.8) is 0 Å². The predicted molar refractivity (Wildman–Crippen MR) is 101 cm³/mol. The van der Waals surface area contributed by atoms with Crippen LogP contribution in [0.2, 0.25) is 0 Å². The first-order chi connectivity index (χ1) is 12.5. The van der Waals surface area contributed by atoms with E-state index in [1.54, 1.807) is 26.8 Å². The molecule has 2 aromatic heterocycles. The lowest BCUT2D eigenvalue weighted by Gasteiger charge is -2.31. The van der Waals surface area contributed by atoms with Gasteiger partial charge in [0.05, 0.1) is 24.8 Å². The number of pyridine rings is 1. The van der Waals surface area contributed by atoms with Crippen molar-refractivity contribution in [2.75, 3.05) is 0 Å². The lowest BCUT2D eigenvalue weighted by atomic mass is 9.84. The van der Waals surface area contributed by atoms with E-state index in [-0.39, 0.29) is 12.1 Å². The molecule has 10 heteroatoms. The van der Waals surface area contributed by atoms with Crippen LogP contribution in [0.25, 0.3) is 5.69 Å². The van der Waals surface area contributed by atoms with Gasteiger partial charge in [-0.2, -0.15) is 5.10 Å². The minimum absolute atomic E-state index is 0.0688. The first-order valence-corrected chi connectivity index (χ1v) is 8.86. The molecule has 2 aromatic rings. The zero-order valence-electron chi connectivity index (χ0n) is 15.4. The lowest BCUT2D eigenvalue weighted by molar-refractivity contribution is 0.0566. The number of aryl methyl sites for hydroxylation is 1. The van der Waals surface area contributed by atoms with Crippen LogP contribution < -0.4 is 11.4 Å². The summed E-state index contributed by atoms with van der Waals surface area (Å²) in [6.45, 7) is 6.93. The van der Waals surface area contributed by atoms with Crippen LogP contribution in [-0.4, -0.2) is 31.5 Å². The molecule has 0 fully saturated rings. The van der Waals surface area contributed by atoms with Crippen molar-refractivity contribution >= 4 is 22.0 Å². The van der Waals surface area contributed by atoms with Gasteiger partial charge in [-0.25, -0.2) is 28.2 Å². The summed E-state index contributed by atoms with van der Waals surface area (Å²) in [7, 11) is 0. The molecule has 0 radical (unpaired) electrons. The molecular weight excluding hydrogens is 421 g/mol. The van der Waals surface area contributed by atoms with E-state index in [0.29, 0.717) is 16.6 Å². The number of hydrogen-bond acceptors (Lipinski definition) is 5. The number of rotatable bonds is 5. The molecule has 0 saturated carbocycles. The zero-order valence-corrected chi connectivity index (χ0v) is 17.0. The standard InChI is InChI=1S/C17H21BrFN5O3/c1-10-5-13(18)21-7-12(10)23-9-22-24(16(23)26)8-11(6-19)14(17(2,3)4)27-15(20)25/h5-7,9,14H,8H2,1-4H3,(H2,20,25). The van der Waals surface area contributed by atoms with Crippen molar-refractivity contribution in [1.82, 2.24) is 19.3 Å². The van der Waals surface area contributed by atoms with Crippen LogP contribution >= 0.6 is 15.9 Å². The van der Waals surface area contributed by atoms with E-state index in [2.05, 4.69) is 26.0 Å². The summed E-state index contributed by atoms with van der Waals surface area (Å²) in [5, 5.41) is 4.04. The molecule has 0 bridgehead atoms. The van der Waals surface area contributed by atoms with Crippen molar-refractivity contribution in [2.45, 2.75) is 40.3 Å². The molecule has 0 aliphatic rings. The Morgan fingerprint density at radius 2 is 2.15 bits per heavy atom. The fourth-order valence-corrected chi connectivity index (χ4v) is 3.10. The highest BCUT2D eigenvalue weighted by molar-refractivity contribution is 9.10. The second-order valence-corrected chi connectivity index (χ2v) is 7.91. The Morgan fingerprint density at radius 3 is 2.67 bits per heavy atom. The van der Waals surface area contributed by atoms with Gasteiger partial charge >= 0.3 is 11.8 Å². The summed E-state index contributed by atoms with van der Waals surface area (Å²) in [5.74, 6) is 0. The second kappa shape index (κ2) is 8.03. The van der Waals surface area contributed by atoms with Crippen LogP contribution in [0.1, 0.15) is 26.3 Å². The summed E-state index contributed by atoms with van der Waals surface area (Å²) in [5.41, 5.74) is 5.43. The molecule has 146 valence electrons. The Labute approximate surface area is 164 Å². The molecule has 0 aromatic carbocycles. The summed E-state index contributed by atoms with van der Waals surface area (Å²) in [6, 6.07) is 1.77. The van der Waals surface area contributed by atoms with Gasteiger partial charge in [-0.1, -0.05) is 20.8 Å². The third-order valence-electron chi connectivity index (χ3n) is 3.87. The van der Waals surface area contributed by atoms with E-state index in [0.717, 1.165) is 10.2 Å². The zero-order chi connectivity index (χ0) is 20.4. The number of carbonyl (C=O) groups excluding carboxylic acids is 1. The van der Waals surface area contributed by atoms with Gasteiger partial charge in [-0.3, -0.25) is 0 Å². The van der Waals surface area contributed by atoms with Gasteiger partial charge in [-0.15, -0.1) is 0 Å². The van der Waals surface area contributed by atoms with E-state index in [9.17, 15) is 14.0 Å². The Morgan fingerprint density at radius 1 is 1.48 bits per heavy atom. The molecule has 27 heavy (non-hydrogen) atoms. The minimum Gasteiger partial charge on any atom is -0.441 e. The molecule has 2 N–H and O–H groups in total. The van der Waals surface area contributed by atoms with Crippen molar-refractivity contribution in [1.29, 1.82) is 0 Å². The number of nitrogens with two attached hydrogens (primary N) is 1. The number of aromatic nitrogens is 4. The maximum atomic E-state index is 13.6. The molecule has 8 nitrogen and oxygen atoms in total. The Hall–Kier alpha value is -2.49. The molecule has 0 aliphatic carbocycles. The topological polar surface area (TPSA) is 105 Å². The van der Waals surface area contributed by atoms with Crippen LogP contribution in [-0.2, 0) is 11.3 Å². The fraction of sp³-hybridized carbons (Fsp3) is 0.412. The van der Waals surface area contributed by atoms with Crippen molar-refractivity contribution in [3.05, 3.63) is 51.1 Å². The normalized spacial score (nSPS) is 13.5. The fourth-order valence-electron chi connectivity index (χ4n) is 2.65. The van der Waals surface area contributed by atoms with Gasteiger partial charge in [0, 0.05) is 11.0 Å². The van der Waals surface area contributed by atoms with Gasteiger partial charge in [-0.05, 0) is 34.5 Å². The van der Waals surface area contributed by atoms with E-state index < -0.39 is 23.3 Å². The highest BCUT2D eigenvalue weighted by Gasteiger charge is 2.32. The number of hydrogen-bond donors (Lipinski definition) is 1. The van der Waals surface area contributed by atoms with Crippen LogP contribution in [0.5, 0.6) is 0 Å². The number of ether oxygens (including phenoxy) is 1. The molecule has 1 amide bonds. The maximum Gasteiger partial charge on any atom is 0.405 e. The Bertz CT molecular complexity index is 929. The summed E-state index contributed by atoms with van der Waals surface area (Å²) in [6.07, 6.45) is 1.21. The van der Waals surface area contributed by atoms with Crippen LogP contribution in [0.4, 0.5) is 9.18 Å². The molecule has 1 atom stereocenters. The smallest absolute Gasteiger partial charge is 0.405 e. The van der Waals surface area contributed by atoms with Crippen LogP contribution in [0, 0.1) is 12.3 Å². The SMILES string of the molecule is Cc1cc(Br)ncc1-n1cnn(CC(=CF)C(OC(N)=O)C(C)(C)C)c1=O. The maximum absolute atomic E-state index is 13.6. The molecule has 0 saturated heterocycles. The average Bonchev–Trinajstić information content (AvgIpc) is 2.90. The molecule has 0 aliphatic heterocycles. The van der Waals surface area contributed by atoms with Gasteiger partial charge in [0.1, 0.15) is 17.0 Å². The first-order valence-electron chi connectivity index (χ1n) is 8.06. The monoisotopic (exact) mass is 441 g/mol. The van der Waals surface area contributed by atoms with Gasteiger partial charge in [0.2, 0.25) is 0 Å². The van der Waals surface area contributed by atoms with Crippen LogP contribution in [0.3, 0.4) is 0 Å². The quantitative estimate of drug-likeness (QED) is 0.717. The van der Waals surface area contributed by atoms with E-state index in [4.69, 9.17) is 10.5 Å². The van der Waals surface area contributed by atoms with E-state index in [1.807, 2.05) is 6.92 Å². The molecule has 2 heterocycles. The van der Waals surface area contributed by atoms with Crippen molar-refractivity contribution in [3.8, 4) is 5.69 Å². The van der Waals surface area contributed by atoms with Crippen LogP contribution in [0.15, 0.2) is 39.9 Å². The Kier molecular flexibility index (Phi) is 6.19. The highest BCUT2D eigenvalue weighted by atomic mass is 79.9. The van der Waals surface area contributed by atoms with E-state index >= 15 is 0 Å². The highest BCUT2D eigenvalue weighted by Crippen LogP contribution is 2.29.